The van der Waals surface area contributed by atoms with Gasteiger partial charge in [0.05, 0.1) is 30.0 Å². The van der Waals surface area contributed by atoms with Crippen LogP contribution in [0.5, 0.6) is 11.5 Å². The summed E-state index contributed by atoms with van der Waals surface area (Å²) in [6.45, 7) is 2.22. The molecule has 2 aromatic carbocycles. The van der Waals surface area contributed by atoms with Crippen LogP contribution in [0.2, 0.25) is 15.1 Å². The molecule has 0 atom stereocenters. The first-order chi connectivity index (χ1) is 12.3. The van der Waals surface area contributed by atoms with Gasteiger partial charge in [-0.05, 0) is 42.8 Å². The number of rotatable bonds is 7. The van der Waals surface area contributed by atoms with Gasteiger partial charge in [-0.15, -0.1) is 0 Å². The average Bonchev–Trinajstić information content (AvgIpc) is 2.58. The molecule has 1 N–H and O–H groups in total. The van der Waals surface area contributed by atoms with E-state index in [1.54, 1.807) is 19.1 Å². The van der Waals surface area contributed by atoms with Crippen LogP contribution in [0.4, 0.5) is 0 Å². The Morgan fingerprint density at radius 3 is 2.38 bits per heavy atom. The van der Waals surface area contributed by atoms with Crippen LogP contribution in [-0.2, 0) is 10.0 Å². The van der Waals surface area contributed by atoms with Gasteiger partial charge >= 0.3 is 0 Å². The third-order valence-corrected chi connectivity index (χ3v) is 5.15. The van der Waals surface area contributed by atoms with Gasteiger partial charge in [0.2, 0.25) is 0 Å². The van der Waals surface area contributed by atoms with Crippen LogP contribution >= 0.6 is 34.8 Å². The molecule has 26 heavy (non-hydrogen) atoms. The van der Waals surface area contributed by atoms with Crippen molar-refractivity contribution in [1.29, 1.82) is 0 Å². The number of hydrogen-bond acceptors (Lipinski definition) is 5. The molecule has 0 aliphatic carbocycles. The normalized spacial score (nSPS) is 11.6. The number of methoxy groups -OCH3 is 1. The fourth-order valence-corrected chi connectivity index (χ4v) is 3.85. The highest BCUT2D eigenvalue weighted by atomic mass is 35.5. The zero-order valence-electron chi connectivity index (χ0n) is 13.8. The van der Waals surface area contributed by atoms with Gasteiger partial charge in [0.15, 0.2) is 5.75 Å². The molecule has 2 aromatic rings. The molecular weight excluding hydrogens is 423 g/mol. The number of sulfonamides is 1. The second-order valence-corrected chi connectivity index (χ2v) is 7.77. The number of benzene rings is 2. The number of nitrogens with one attached hydrogen (secondary N) is 1. The summed E-state index contributed by atoms with van der Waals surface area (Å²) in [5.41, 5.74) is 0.490. The monoisotopic (exact) mass is 436 g/mol. The highest BCUT2D eigenvalue weighted by Gasteiger charge is 2.19. The Labute approximate surface area is 166 Å². The molecule has 0 heterocycles. The Morgan fingerprint density at radius 2 is 1.81 bits per heavy atom. The van der Waals surface area contributed by atoms with Crippen LogP contribution in [0.25, 0.3) is 0 Å². The summed E-state index contributed by atoms with van der Waals surface area (Å²) < 4.78 is 35.2. The second-order valence-electron chi connectivity index (χ2n) is 4.89. The molecule has 0 saturated carbocycles. The summed E-state index contributed by atoms with van der Waals surface area (Å²) in [6, 6.07) is 7.34. The van der Waals surface area contributed by atoms with Gasteiger partial charge in [0.25, 0.3) is 10.0 Å². The number of ether oxygens (including phenoxy) is 2. The highest BCUT2D eigenvalue weighted by Crippen LogP contribution is 2.33. The minimum absolute atomic E-state index is 0.132. The van der Waals surface area contributed by atoms with Crippen LogP contribution < -0.4 is 14.3 Å². The van der Waals surface area contributed by atoms with Crippen molar-refractivity contribution in [3.63, 3.8) is 0 Å². The van der Waals surface area contributed by atoms with Gasteiger partial charge in [0.1, 0.15) is 10.6 Å². The largest absolute Gasteiger partial charge is 0.495 e. The molecule has 10 heteroatoms. The van der Waals surface area contributed by atoms with E-state index in [1.807, 2.05) is 0 Å². The Bertz CT molecular complexity index is 910. The molecule has 0 saturated heterocycles. The van der Waals surface area contributed by atoms with Gasteiger partial charge in [0, 0.05) is 5.02 Å². The molecule has 140 valence electrons. The third-order valence-electron chi connectivity index (χ3n) is 3.11. The molecule has 2 rings (SSSR count). The molecule has 0 fully saturated rings. The van der Waals surface area contributed by atoms with Crippen molar-refractivity contribution >= 4 is 51.0 Å². The van der Waals surface area contributed by atoms with Gasteiger partial charge in [-0.3, -0.25) is 0 Å². The van der Waals surface area contributed by atoms with Gasteiger partial charge in [-0.2, -0.15) is 18.4 Å². The van der Waals surface area contributed by atoms with Crippen molar-refractivity contribution in [2.24, 2.45) is 5.10 Å². The maximum absolute atomic E-state index is 12.4. The van der Waals surface area contributed by atoms with Crippen molar-refractivity contribution in [3.8, 4) is 11.5 Å². The van der Waals surface area contributed by atoms with E-state index in [9.17, 15) is 8.42 Å². The fourth-order valence-electron chi connectivity index (χ4n) is 2.02. The number of halogens is 3. The molecule has 0 unspecified atom stereocenters. The molecule has 0 aromatic heterocycles. The SMILES string of the molecule is CCOc1c(Cl)cc(/C=N/NS(=O)(=O)c2cc(Cl)ccc2OC)cc1Cl. The van der Waals surface area contributed by atoms with Crippen molar-refractivity contribution < 1.29 is 17.9 Å². The standard InChI is InChI=1S/C16H15Cl3N2O4S/c1-3-25-16-12(18)6-10(7-13(16)19)9-20-21-26(22,23)15-8-11(17)4-5-14(15)24-2/h4-9,21H,3H2,1-2H3/b20-9+. The van der Waals surface area contributed by atoms with Crippen LogP contribution in [0.15, 0.2) is 40.3 Å². The van der Waals surface area contributed by atoms with Crippen LogP contribution in [-0.4, -0.2) is 28.3 Å². The lowest BCUT2D eigenvalue weighted by Crippen LogP contribution is -2.19. The number of nitrogens with zero attached hydrogens (tertiary/aromatic N) is 1. The first-order valence-electron chi connectivity index (χ1n) is 7.28. The van der Waals surface area contributed by atoms with E-state index in [0.29, 0.717) is 28.0 Å². The molecule has 0 bridgehead atoms. The first-order valence-corrected chi connectivity index (χ1v) is 9.90. The number of hydrogen-bond donors (Lipinski definition) is 1. The fraction of sp³-hybridized carbons (Fsp3) is 0.188. The molecule has 6 nitrogen and oxygen atoms in total. The Morgan fingerprint density at radius 1 is 1.15 bits per heavy atom. The van der Waals surface area contributed by atoms with Crippen molar-refractivity contribution in [2.75, 3.05) is 13.7 Å². The van der Waals surface area contributed by atoms with Crippen molar-refractivity contribution in [2.45, 2.75) is 11.8 Å². The van der Waals surface area contributed by atoms with E-state index in [0.717, 1.165) is 0 Å². The maximum Gasteiger partial charge on any atom is 0.280 e. The Balaban J connectivity index is 2.24. The lowest BCUT2D eigenvalue weighted by molar-refractivity contribution is 0.340. The van der Waals surface area contributed by atoms with Gasteiger partial charge < -0.3 is 9.47 Å². The summed E-state index contributed by atoms with van der Waals surface area (Å²) in [4.78, 5) is 1.96. The summed E-state index contributed by atoms with van der Waals surface area (Å²) in [5.74, 6) is 0.501. The summed E-state index contributed by atoms with van der Waals surface area (Å²) in [5, 5.41) is 4.57. The van der Waals surface area contributed by atoms with E-state index in [4.69, 9.17) is 44.3 Å². The zero-order valence-corrected chi connectivity index (χ0v) is 16.9. The molecule has 0 aliphatic rings. The predicted octanol–water partition coefficient (Wildman–Crippen LogP) is 4.37. The Kier molecular flexibility index (Phi) is 7.00. The van der Waals surface area contributed by atoms with Gasteiger partial charge in [-0.1, -0.05) is 34.8 Å². The second kappa shape index (κ2) is 8.81. The van der Waals surface area contributed by atoms with Crippen LogP contribution in [0, 0.1) is 0 Å². The van der Waals surface area contributed by atoms with E-state index in [-0.39, 0.29) is 15.7 Å². The summed E-state index contributed by atoms with van der Waals surface area (Å²) in [6.07, 6.45) is 1.27. The third kappa shape index (κ3) is 4.94. The van der Waals surface area contributed by atoms with Crippen molar-refractivity contribution in [1.82, 2.24) is 4.83 Å². The molecular formula is C16H15Cl3N2O4S. The maximum atomic E-state index is 12.4. The number of hydrazone groups is 1. The molecule has 0 aliphatic heterocycles. The average molecular weight is 438 g/mol. The van der Waals surface area contributed by atoms with Gasteiger partial charge in [-0.25, -0.2) is 0 Å². The minimum atomic E-state index is -3.98. The van der Waals surface area contributed by atoms with E-state index in [1.165, 1.54) is 31.5 Å². The van der Waals surface area contributed by atoms with Crippen LogP contribution in [0.3, 0.4) is 0 Å². The topological polar surface area (TPSA) is 77.0 Å². The van der Waals surface area contributed by atoms with E-state index >= 15 is 0 Å². The lowest BCUT2D eigenvalue weighted by atomic mass is 10.2. The molecule has 0 radical (unpaired) electrons. The zero-order chi connectivity index (χ0) is 19.3. The van der Waals surface area contributed by atoms with E-state index in [2.05, 4.69) is 9.93 Å². The van der Waals surface area contributed by atoms with E-state index < -0.39 is 10.0 Å². The summed E-state index contributed by atoms with van der Waals surface area (Å²) in [7, 11) is -2.62. The smallest absolute Gasteiger partial charge is 0.280 e. The molecule has 0 amide bonds. The van der Waals surface area contributed by atoms with Crippen LogP contribution in [0.1, 0.15) is 12.5 Å². The molecule has 0 spiro atoms. The summed E-state index contributed by atoms with van der Waals surface area (Å²) >= 11 is 18.0. The minimum Gasteiger partial charge on any atom is -0.495 e. The lowest BCUT2D eigenvalue weighted by Gasteiger charge is -2.10. The predicted molar refractivity (Wildman–Crippen MR) is 104 cm³/mol. The highest BCUT2D eigenvalue weighted by molar-refractivity contribution is 7.89. The van der Waals surface area contributed by atoms with Crippen molar-refractivity contribution in [3.05, 3.63) is 51.0 Å². The first kappa shape index (κ1) is 20.6. The Hall–Kier alpha value is -1.67. The quantitative estimate of drug-likeness (QED) is 0.515.